The van der Waals surface area contributed by atoms with E-state index in [0.717, 1.165) is 0 Å². The predicted molar refractivity (Wildman–Crippen MR) is 79.4 cm³/mol. The number of halogens is 6. The van der Waals surface area contributed by atoms with Crippen molar-refractivity contribution in [1.82, 2.24) is 0 Å². The largest absolute Gasteiger partial charge is 0.493 e. The lowest BCUT2D eigenvalue weighted by molar-refractivity contribution is 0.339. The third-order valence-electron chi connectivity index (χ3n) is 1.85. The van der Waals surface area contributed by atoms with Crippen LogP contribution in [-0.2, 0) is 0 Å². The van der Waals surface area contributed by atoms with Gasteiger partial charge in [0.1, 0.15) is 21.7 Å². The van der Waals surface area contributed by atoms with Crippen molar-refractivity contribution in [3.8, 4) is 11.5 Å². The highest BCUT2D eigenvalue weighted by Gasteiger charge is 2.23. The van der Waals surface area contributed by atoms with E-state index in [2.05, 4.69) is 31.9 Å². The fraction of sp³-hybridized carbons (Fsp3) is 0.200. The molecule has 1 rings (SSSR count). The number of methoxy groups -OCH3 is 1. The van der Waals surface area contributed by atoms with E-state index in [1.807, 2.05) is 0 Å². The minimum absolute atomic E-state index is 0.00227. The van der Waals surface area contributed by atoms with Crippen LogP contribution in [0, 0.1) is 5.82 Å². The van der Waals surface area contributed by atoms with E-state index in [9.17, 15) is 4.39 Å². The maximum Gasteiger partial charge on any atom is 0.189 e. The van der Waals surface area contributed by atoms with Crippen LogP contribution in [0.5, 0.6) is 11.5 Å². The van der Waals surface area contributed by atoms with Crippen molar-refractivity contribution in [2.45, 2.75) is 0 Å². The van der Waals surface area contributed by atoms with E-state index >= 15 is 0 Å². The molecule has 0 radical (unpaired) electrons. The first-order valence-electron chi connectivity index (χ1n) is 4.44. The zero-order valence-corrected chi connectivity index (χ0v) is 14.3. The summed E-state index contributed by atoms with van der Waals surface area (Å²) in [4.78, 5) is 0. The normalized spacial score (nSPS) is 10.2. The molecule has 0 N–H and O–H groups in total. The standard InChI is InChI=1S/C10H6Br2Cl3FO2/c1-17-9-5(13)6(14)10(8(16)7(9)15)18-3-2-4(11)12/h2H,3H2,1H3. The van der Waals surface area contributed by atoms with Crippen LogP contribution in [0.1, 0.15) is 0 Å². The number of ether oxygens (including phenoxy) is 2. The second-order valence-corrected chi connectivity index (χ2v) is 6.83. The Balaban J connectivity index is 3.17. The molecular weight excluding hydrogens is 437 g/mol. The van der Waals surface area contributed by atoms with Gasteiger partial charge in [-0.2, -0.15) is 0 Å². The molecule has 0 bridgehead atoms. The number of rotatable bonds is 4. The zero-order valence-electron chi connectivity index (χ0n) is 8.87. The Morgan fingerprint density at radius 3 is 2.22 bits per heavy atom. The molecule has 0 atom stereocenters. The van der Waals surface area contributed by atoms with Crippen LogP contribution in [0.2, 0.25) is 15.1 Å². The fourth-order valence-corrected chi connectivity index (χ4v) is 2.14. The summed E-state index contributed by atoms with van der Waals surface area (Å²) in [7, 11) is 1.31. The molecule has 0 heterocycles. The van der Waals surface area contributed by atoms with Crippen LogP contribution in [-0.4, -0.2) is 13.7 Å². The second kappa shape index (κ2) is 7.20. The van der Waals surface area contributed by atoms with Gasteiger partial charge in [0.15, 0.2) is 17.3 Å². The van der Waals surface area contributed by atoms with Crippen LogP contribution in [0.15, 0.2) is 9.47 Å². The lowest BCUT2D eigenvalue weighted by Crippen LogP contribution is -2.00. The van der Waals surface area contributed by atoms with Gasteiger partial charge in [-0.1, -0.05) is 34.8 Å². The first-order chi connectivity index (χ1) is 8.40. The Morgan fingerprint density at radius 1 is 1.17 bits per heavy atom. The minimum atomic E-state index is -0.818. The van der Waals surface area contributed by atoms with Gasteiger partial charge in [0.2, 0.25) is 0 Å². The quantitative estimate of drug-likeness (QED) is 0.548. The molecule has 0 spiro atoms. The van der Waals surface area contributed by atoms with Gasteiger partial charge < -0.3 is 9.47 Å². The van der Waals surface area contributed by atoms with E-state index in [-0.39, 0.29) is 33.2 Å². The van der Waals surface area contributed by atoms with Crippen LogP contribution < -0.4 is 9.47 Å². The molecule has 1 aromatic rings. The van der Waals surface area contributed by atoms with Gasteiger partial charge in [-0.25, -0.2) is 4.39 Å². The molecule has 0 unspecified atom stereocenters. The SMILES string of the molecule is COc1c(Cl)c(F)c(OCC=C(Br)Br)c(Cl)c1Cl. The van der Waals surface area contributed by atoms with Gasteiger partial charge in [0.25, 0.3) is 0 Å². The van der Waals surface area contributed by atoms with Gasteiger partial charge in [-0.3, -0.25) is 0 Å². The van der Waals surface area contributed by atoms with E-state index in [1.54, 1.807) is 6.08 Å². The Morgan fingerprint density at radius 2 is 1.72 bits per heavy atom. The van der Waals surface area contributed by atoms with Crippen LogP contribution in [0.4, 0.5) is 4.39 Å². The molecule has 0 saturated heterocycles. The summed E-state index contributed by atoms with van der Waals surface area (Å²) in [5, 5.41) is -0.360. The lowest BCUT2D eigenvalue weighted by Gasteiger charge is -2.13. The van der Waals surface area contributed by atoms with Crippen LogP contribution >= 0.6 is 66.7 Å². The van der Waals surface area contributed by atoms with Gasteiger partial charge in [0.05, 0.1) is 10.5 Å². The highest BCUT2D eigenvalue weighted by molar-refractivity contribution is 9.28. The Kier molecular flexibility index (Phi) is 6.55. The Hall–Kier alpha value is 0.320. The maximum atomic E-state index is 13.9. The van der Waals surface area contributed by atoms with Crippen molar-refractivity contribution in [3.05, 3.63) is 30.4 Å². The van der Waals surface area contributed by atoms with Gasteiger partial charge in [-0.05, 0) is 37.9 Å². The average Bonchev–Trinajstić information content (AvgIpc) is 2.31. The van der Waals surface area contributed by atoms with Crippen molar-refractivity contribution >= 4 is 66.7 Å². The second-order valence-electron chi connectivity index (χ2n) is 2.92. The maximum absolute atomic E-state index is 13.9. The molecule has 8 heteroatoms. The molecule has 0 amide bonds. The van der Waals surface area contributed by atoms with E-state index < -0.39 is 5.82 Å². The first-order valence-corrected chi connectivity index (χ1v) is 7.16. The summed E-state index contributed by atoms with van der Waals surface area (Å²) < 4.78 is 24.6. The third kappa shape index (κ3) is 3.67. The summed E-state index contributed by atoms with van der Waals surface area (Å²) >= 11 is 23.8. The molecule has 0 aromatic heterocycles. The Bertz CT molecular complexity index is 461. The summed E-state index contributed by atoms with van der Waals surface area (Å²) in [6.07, 6.45) is 1.61. The molecule has 0 fully saturated rings. The monoisotopic (exact) mass is 440 g/mol. The first kappa shape index (κ1) is 16.4. The van der Waals surface area contributed by atoms with E-state index in [4.69, 9.17) is 44.3 Å². The van der Waals surface area contributed by atoms with Gasteiger partial charge in [-0.15, -0.1) is 0 Å². The highest BCUT2D eigenvalue weighted by Crippen LogP contribution is 2.46. The third-order valence-corrected chi connectivity index (χ3v) is 3.66. The predicted octanol–water partition coefficient (Wildman–Crippen LogP) is 5.80. The van der Waals surface area contributed by atoms with Gasteiger partial charge >= 0.3 is 0 Å². The molecular formula is C10H6Br2Cl3FO2. The van der Waals surface area contributed by atoms with Crippen molar-refractivity contribution in [2.75, 3.05) is 13.7 Å². The van der Waals surface area contributed by atoms with E-state index in [1.165, 1.54) is 7.11 Å². The smallest absolute Gasteiger partial charge is 0.189 e. The van der Waals surface area contributed by atoms with Crippen molar-refractivity contribution in [2.24, 2.45) is 0 Å². The topological polar surface area (TPSA) is 18.5 Å². The molecule has 2 nitrogen and oxygen atoms in total. The Labute approximate surface area is 135 Å². The molecule has 0 aliphatic carbocycles. The number of hydrogen-bond acceptors (Lipinski definition) is 2. The molecule has 18 heavy (non-hydrogen) atoms. The lowest BCUT2D eigenvalue weighted by atomic mass is 10.3. The van der Waals surface area contributed by atoms with Crippen LogP contribution in [0.25, 0.3) is 0 Å². The van der Waals surface area contributed by atoms with Crippen LogP contribution in [0.3, 0.4) is 0 Å². The molecule has 1 aromatic carbocycles. The van der Waals surface area contributed by atoms with Gasteiger partial charge in [0, 0.05) is 0 Å². The molecule has 0 saturated carbocycles. The fourth-order valence-electron chi connectivity index (χ4n) is 1.09. The van der Waals surface area contributed by atoms with Crippen molar-refractivity contribution in [1.29, 1.82) is 0 Å². The van der Waals surface area contributed by atoms with E-state index in [0.29, 0.717) is 3.39 Å². The number of hydrogen-bond donors (Lipinski definition) is 0. The minimum Gasteiger partial charge on any atom is -0.493 e. The summed E-state index contributed by atoms with van der Waals surface area (Å²) in [6.45, 7) is 0.0848. The highest BCUT2D eigenvalue weighted by atomic mass is 79.9. The van der Waals surface area contributed by atoms with Crippen molar-refractivity contribution < 1.29 is 13.9 Å². The summed E-state index contributed by atoms with van der Waals surface area (Å²) in [5.41, 5.74) is 0. The van der Waals surface area contributed by atoms with Crippen molar-refractivity contribution in [3.63, 3.8) is 0 Å². The average molecular weight is 443 g/mol. The summed E-state index contributed by atoms with van der Waals surface area (Å²) in [6, 6.07) is 0. The molecule has 0 aliphatic rings. The zero-order chi connectivity index (χ0) is 13.9. The molecule has 0 aliphatic heterocycles. The molecule has 100 valence electrons. The number of benzene rings is 1. The summed E-state index contributed by atoms with van der Waals surface area (Å²) in [5.74, 6) is -1.06.